The number of aromatic nitrogens is 2. The molecule has 0 unspecified atom stereocenters. The lowest BCUT2D eigenvalue weighted by atomic mass is 10.1. The van der Waals surface area contributed by atoms with Gasteiger partial charge in [0.05, 0.1) is 5.56 Å². The van der Waals surface area contributed by atoms with Crippen LogP contribution in [0.1, 0.15) is 26.4 Å². The van der Waals surface area contributed by atoms with E-state index in [4.69, 9.17) is 4.74 Å². The van der Waals surface area contributed by atoms with E-state index in [0.29, 0.717) is 17.0 Å². The Balaban J connectivity index is 1.63. The van der Waals surface area contributed by atoms with Crippen molar-refractivity contribution >= 4 is 17.8 Å². The van der Waals surface area contributed by atoms with Gasteiger partial charge in [-0.15, -0.1) is 0 Å². The van der Waals surface area contributed by atoms with E-state index in [0.717, 1.165) is 5.56 Å². The molecule has 0 N–H and O–H groups in total. The lowest BCUT2D eigenvalue weighted by Gasteiger charge is -2.04. The number of hydrogen-bond donors (Lipinski definition) is 0. The summed E-state index contributed by atoms with van der Waals surface area (Å²) in [5, 5.41) is 0. The van der Waals surface area contributed by atoms with Gasteiger partial charge in [-0.3, -0.25) is 14.8 Å². The summed E-state index contributed by atoms with van der Waals surface area (Å²) >= 11 is 0. The maximum atomic E-state index is 12.0. The third-order valence-corrected chi connectivity index (χ3v) is 3.33. The standard InChI is InChI=1S/C20H14N2O3/c23-19(18-5-1-2-13-22-18)11-8-15-6-9-17(10-7-15)25-20(24)16-4-3-12-21-14-16/h1-14H/b11-8+. The molecule has 25 heavy (non-hydrogen) atoms. The number of allylic oxidation sites excluding steroid dienone is 1. The fourth-order valence-electron chi connectivity index (χ4n) is 2.06. The molecule has 0 fully saturated rings. The maximum Gasteiger partial charge on any atom is 0.345 e. The number of ketones is 1. The molecule has 3 aromatic rings. The highest BCUT2D eigenvalue weighted by atomic mass is 16.5. The average Bonchev–Trinajstić information content (AvgIpc) is 2.68. The summed E-state index contributed by atoms with van der Waals surface area (Å²) in [6, 6.07) is 15.3. The predicted octanol–water partition coefficient (Wildman–Crippen LogP) is 3.59. The molecule has 0 aliphatic carbocycles. The largest absolute Gasteiger partial charge is 0.423 e. The van der Waals surface area contributed by atoms with Crippen molar-refractivity contribution in [1.29, 1.82) is 0 Å². The molecule has 5 nitrogen and oxygen atoms in total. The van der Waals surface area contributed by atoms with Crippen molar-refractivity contribution in [3.8, 4) is 5.75 Å². The molecule has 0 saturated heterocycles. The van der Waals surface area contributed by atoms with Crippen LogP contribution in [0.2, 0.25) is 0 Å². The van der Waals surface area contributed by atoms with Crippen LogP contribution >= 0.6 is 0 Å². The number of hydrogen-bond acceptors (Lipinski definition) is 5. The summed E-state index contributed by atoms with van der Waals surface area (Å²) in [5.41, 5.74) is 1.58. The number of esters is 1. The molecule has 122 valence electrons. The number of pyridine rings is 2. The molecule has 0 spiro atoms. The van der Waals surface area contributed by atoms with Gasteiger partial charge in [0.15, 0.2) is 0 Å². The van der Waals surface area contributed by atoms with Crippen LogP contribution in [-0.4, -0.2) is 21.7 Å². The molecule has 2 aromatic heterocycles. The molecule has 0 aliphatic heterocycles. The Morgan fingerprint density at radius 2 is 1.76 bits per heavy atom. The minimum Gasteiger partial charge on any atom is -0.423 e. The van der Waals surface area contributed by atoms with E-state index in [2.05, 4.69) is 9.97 Å². The smallest absolute Gasteiger partial charge is 0.345 e. The Kier molecular flexibility index (Phi) is 5.07. The number of carbonyl (C=O) groups excluding carboxylic acids is 2. The van der Waals surface area contributed by atoms with Crippen LogP contribution in [0.5, 0.6) is 5.75 Å². The minimum atomic E-state index is -0.471. The summed E-state index contributed by atoms with van der Waals surface area (Å²) in [4.78, 5) is 31.8. The van der Waals surface area contributed by atoms with E-state index in [1.165, 1.54) is 12.3 Å². The Labute approximate surface area is 144 Å². The molecular formula is C20H14N2O3. The first kappa shape index (κ1) is 16.3. The zero-order valence-electron chi connectivity index (χ0n) is 13.2. The fourth-order valence-corrected chi connectivity index (χ4v) is 2.06. The van der Waals surface area contributed by atoms with E-state index < -0.39 is 5.97 Å². The van der Waals surface area contributed by atoms with Gasteiger partial charge in [0.25, 0.3) is 0 Å². The number of rotatable bonds is 5. The zero-order chi connectivity index (χ0) is 17.5. The second-order valence-corrected chi connectivity index (χ2v) is 5.11. The molecule has 0 saturated carbocycles. The maximum absolute atomic E-state index is 12.0. The Morgan fingerprint density at radius 3 is 2.44 bits per heavy atom. The van der Waals surface area contributed by atoms with E-state index in [1.807, 2.05) is 0 Å². The lowest BCUT2D eigenvalue weighted by molar-refractivity contribution is 0.0734. The lowest BCUT2D eigenvalue weighted by Crippen LogP contribution is -2.08. The molecule has 5 heteroatoms. The van der Waals surface area contributed by atoms with Crippen LogP contribution in [-0.2, 0) is 0 Å². The van der Waals surface area contributed by atoms with Crippen LogP contribution in [0.4, 0.5) is 0 Å². The van der Waals surface area contributed by atoms with Crippen molar-refractivity contribution in [3.63, 3.8) is 0 Å². The first-order valence-corrected chi connectivity index (χ1v) is 7.58. The Bertz CT molecular complexity index is 889. The first-order chi connectivity index (χ1) is 12.2. The van der Waals surface area contributed by atoms with Gasteiger partial charge in [0, 0.05) is 18.6 Å². The van der Waals surface area contributed by atoms with Gasteiger partial charge in [0.1, 0.15) is 11.4 Å². The third kappa shape index (κ3) is 4.45. The minimum absolute atomic E-state index is 0.173. The molecule has 0 amide bonds. The van der Waals surface area contributed by atoms with Gasteiger partial charge in [0.2, 0.25) is 5.78 Å². The van der Waals surface area contributed by atoms with Crippen LogP contribution in [0.3, 0.4) is 0 Å². The molecule has 0 bridgehead atoms. The first-order valence-electron chi connectivity index (χ1n) is 7.58. The third-order valence-electron chi connectivity index (χ3n) is 3.33. The fraction of sp³-hybridized carbons (Fsp3) is 0. The molecule has 1 aromatic carbocycles. The van der Waals surface area contributed by atoms with Gasteiger partial charge in [-0.05, 0) is 48.0 Å². The molecule has 0 radical (unpaired) electrons. The normalized spacial score (nSPS) is 10.6. The topological polar surface area (TPSA) is 69.2 Å². The van der Waals surface area contributed by atoms with Gasteiger partial charge >= 0.3 is 5.97 Å². The molecule has 3 rings (SSSR count). The van der Waals surface area contributed by atoms with Gasteiger partial charge in [-0.25, -0.2) is 4.79 Å². The highest BCUT2D eigenvalue weighted by Crippen LogP contribution is 2.15. The van der Waals surface area contributed by atoms with Crippen molar-refractivity contribution in [1.82, 2.24) is 9.97 Å². The average molecular weight is 330 g/mol. The van der Waals surface area contributed by atoms with E-state index in [1.54, 1.807) is 73.1 Å². The summed E-state index contributed by atoms with van der Waals surface area (Å²) in [6.45, 7) is 0. The molecule has 2 heterocycles. The van der Waals surface area contributed by atoms with Crippen LogP contribution in [0, 0.1) is 0 Å². The van der Waals surface area contributed by atoms with Gasteiger partial charge in [-0.2, -0.15) is 0 Å². The number of carbonyl (C=O) groups is 2. The van der Waals surface area contributed by atoms with E-state index in [-0.39, 0.29) is 5.78 Å². The SMILES string of the molecule is O=C(Oc1ccc(/C=C/C(=O)c2ccccn2)cc1)c1cccnc1. The van der Waals surface area contributed by atoms with Gasteiger partial charge < -0.3 is 4.74 Å². The molecule has 0 atom stereocenters. The highest BCUT2D eigenvalue weighted by molar-refractivity contribution is 6.05. The van der Waals surface area contributed by atoms with E-state index in [9.17, 15) is 9.59 Å². The summed E-state index contributed by atoms with van der Waals surface area (Å²) in [5.74, 6) is -0.226. The second-order valence-electron chi connectivity index (χ2n) is 5.11. The highest BCUT2D eigenvalue weighted by Gasteiger charge is 2.08. The predicted molar refractivity (Wildman–Crippen MR) is 93.2 cm³/mol. The van der Waals surface area contributed by atoms with Crippen molar-refractivity contribution < 1.29 is 14.3 Å². The summed E-state index contributed by atoms with van der Waals surface area (Å²) in [7, 11) is 0. The van der Waals surface area contributed by atoms with Gasteiger partial charge in [-0.1, -0.05) is 24.3 Å². The molecular weight excluding hydrogens is 316 g/mol. The van der Waals surface area contributed by atoms with E-state index >= 15 is 0 Å². The number of ether oxygens (including phenoxy) is 1. The zero-order valence-corrected chi connectivity index (χ0v) is 13.2. The summed E-state index contributed by atoms with van der Waals surface area (Å²) in [6.07, 6.45) is 7.75. The van der Waals surface area contributed by atoms with Crippen molar-refractivity contribution in [2.24, 2.45) is 0 Å². The number of benzene rings is 1. The van der Waals surface area contributed by atoms with Crippen LogP contribution in [0.25, 0.3) is 6.08 Å². The molecule has 0 aliphatic rings. The quantitative estimate of drug-likeness (QED) is 0.309. The second kappa shape index (κ2) is 7.79. The Morgan fingerprint density at radius 1 is 0.920 bits per heavy atom. The van der Waals surface area contributed by atoms with Crippen molar-refractivity contribution in [2.45, 2.75) is 0 Å². The monoisotopic (exact) mass is 330 g/mol. The van der Waals surface area contributed by atoms with Crippen LogP contribution in [0.15, 0.2) is 79.3 Å². The Hall–Kier alpha value is -3.60. The van der Waals surface area contributed by atoms with Crippen LogP contribution < -0.4 is 4.74 Å². The van der Waals surface area contributed by atoms with Crippen molar-refractivity contribution in [3.05, 3.63) is 96.1 Å². The van der Waals surface area contributed by atoms with Crippen molar-refractivity contribution in [2.75, 3.05) is 0 Å². The summed E-state index contributed by atoms with van der Waals surface area (Å²) < 4.78 is 5.27. The number of nitrogens with zero attached hydrogens (tertiary/aromatic N) is 2.